The molecule has 17 heavy (non-hydrogen) atoms. The first-order valence-corrected chi connectivity index (χ1v) is 6.03. The summed E-state index contributed by atoms with van der Waals surface area (Å²) >= 11 is 0. The van der Waals surface area contributed by atoms with Crippen LogP contribution >= 0.6 is 0 Å². The van der Waals surface area contributed by atoms with Crippen molar-refractivity contribution in [2.45, 2.75) is 26.7 Å². The lowest BCUT2D eigenvalue weighted by molar-refractivity contribution is 0.301. The van der Waals surface area contributed by atoms with Gasteiger partial charge in [-0.05, 0) is 12.8 Å². The molecule has 0 bridgehead atoms. The molecule has 3 nitrogen and oxygen atoms in total. The number of benzene rings is 1. The normalized spacial score (nSPS) is 10.4. The van der Waals surface area contributed by atoms with Crippen LogP contribution < -0.4 is 15.4 Å². The predicted molar refractivity (Wildman–Crippen MR) is 70.2 cm³/mol. The van der Waals surface area contributed by atoms with E-state index in [0.717, 1.165) is 25.1 Å². The highest BCUT2D eigenvalue weighted by Crippen LogP contribution is 2.30. The van der Waals surface area contributed by atoms with Crippen LogP contribution in [0.1, 0.15) is 26.7 Å². The topological polar surface area (TPSA) is 38.5 Å². The number of nitrogens with zero attached hydrogens (tertiary/aromatic N) is 1. The number of hydrogen-bond acceptors (Lipinski definition) is 3. The number of nitrogen functional groups attached to an aromatic ring is 1. The van der Waals surface area contributed by atoms with E-state index in [9.17, 15) is 4.39 Å². The third kappa shape index (κ3) is 3.51. The Balaban J connectivity index is 2.96. The van der Waals surface area contributed by atoms with E-state index in [1.54, 1.807) is 6.07 Å². The minimum absolute atomic E-state index is 0.277. The van der Waals surface area contributed by atoms with E-state index in [2.05, 4.69) is 6.92 Å². The average molecular weight is 240 g/mol. The SMILES string of the molecule is CCCOc1cc(N(C)CCC)c(N)cc1F. The molecule has 2 N–H and O–H groups in total. The van der Waals surface area contributed by atoms with Crippen molar-refractivity contribution in [2.24, 2.45) is 0 Å². The van der Waals surface area contributed by atoms with Crippen LogP contribution in [0, 0.1) is 5.82 Å². The van der Waals surface area contributed by atoms with Gasteiger partial charge in [0.1, 0.15) is 0 Å². The van der Waals surface area contributed by atoms with Gasteiger partial charge in [0.2, 0.25) is 0 Å². The molecule has 4 heteroatoms. The zero-order valence-electron chi connectivity index (χ0n) is 10.8. The Morgan fingerprint density at radius 3 is 2.59 bits per heavy atom. The van der Waals surface area contributed by atoms with Crippen LogP contribution in [-0.4, -0.2) is 20.2 Å². The van der Waals surface area contributed by atoms with E-state index in [4.69, 9.17) is 10.5 Å². The molecule has 0 saturated carbocycles. The number of ether oxygens (including phenoxy) is 1. The standard InChI is InChI=1S/C13H21FN2O/c1-4-6-16(3)12-9-13(17-7-5-2)10(14)8-11(12)15/h8-9H,4-7,15H2,1-3H3. The molecule has 0 fully saturated rings. The van der Waals surface area contributed by atoms with Gasteiger partial charge in [0, 0.05) is 25.7 Å². The fourth-order valence-corrected chi connectivity index (χ4v) is 1.67. The summed E-state index contributed by atoms with van der Waals surface area (Å²) < 4.78 is 18.9. The Hall–Kier alpha value is -1.45. The third-order valence-corrected chi connectivity index (χ3v) is 2.51. The molecule has 0 heterocycles. The van der Waals surface area contributed by atoms with E-state index >= 15 is 0 Å². The van der Waals surface area contributed by atoms with Crippen LogP contribution in [0.2, 0.25) is 0 Å². The first kappa shape index (κ1) is 13.6. The Kier molecular flexibility index (Phi) is 5.07. The summed E-state index contributed by atoms with van der Waals surface area (Å²) in [6.45, 7) is 5.46. The van der Waals surface area contributed by atoms with Gasteiger partial charge in [-0.1, -0.05) is 13.8 Å². The molecule has 1 aromatic rings. The third-order valence-electron chi connectivity index (χ3n) is 2.51. The Labute approximate surface area is 102 Å². The van der Waals surface area contributed by atoms with Crippen molar-refractivity contribution in [3.8, 4) is 5.75 Å². The number of rotatable bonds is 6. The average Bonchev–Trinajstić information content (AvgIpc) is 2.28. The quantitative estimate of drug-likeness (QED) is 0.777. The van der Waals surface area contributed by atoms with E-state index < -0.39 is 5.82 Å². The second kappa shape index (κ2) is 6.33. The van der Waals surface area contributed by atoms with Gasteiger partial charge in [0.05, 0.1) is 18.0 Å². The Bertz CT molecular complexity index is 369. The summed E-state index contributed by atoms with van der Waals surface area (Å²) in [7, 11) is 1.94. The smallest absolute Gasteiger partial charge is 0.167 e. The fourth-order valence-electron chi connectivity index (χ4n) is 1.67. The van der Waals surface area contributed by atoms with Crippen molar-refractivity contribution in [2.75, 3.05) is 30.8 Å². The highest BCUT2D eigenvalue weighted by atomic mass is 19.1. The number of halogens is 1. The number of anilines is 2. The minimum Gasteiger partial charge on any atom is -0.490 e. The monoisotopic (exact) mass is 240 g/mol. The maximum Gasteiger partial charge on any atom is 0.167 e. The fraction of sp³-hybridized carbons (Fsp3) is 0.538. The van der Waals surface area contributed by atoms with Crippen LogP contribution in [0.4, 0.5) is 15.8 Å². The second-order valence-electron chi connectivity index (χ2n) is 4.11. The molecule has 0 spiro atoms. The van der Waals surface area contributed by atoms with Gasteiger partial charge in [-0.3, -0.25) is 0 Å². The molecule has 0 amide bonds. The first-order chi connectivity index (χ1) is 8.10. The van der Waals surface area contributed by atoms with E-state index in [-0.39, 0.29) is 5.75 Å². The van der Waals surface area contributed by atoms with E-state index in [0.29, 0.717) is 12.3 Å². The first-order valence-electron chi connectivity index (χ1n) is 6.03. The molecule has 96 valence electrons. The Morgan fingerprint density at radius 2 is 2.00 bits per heavy atom. The molecule has 0 aliphatic carbocycles. The van der Waals surface area contributed by atoms with Crippen LogP contribution in [0.15, 0.2) is 12.1 Å². The molecule has 0 aliphatic heterocycles. The van der Waals surface area contributed by atoms with Crippen molar-refractivity contribution in [3.05, 3.63) is 17.9 Å². The molecule has 0 aliphatic rings. The molecule has 1 aromatic carbocycles. The lowest BCUT2D eigenvalue weighted by Crippen LogP contribution is -2.19. The van der Waals surface area contributed by atoms with Gasteiger partial charge in [-0.2, -0.15) is 0 Å². The van der Waals surface area contributed by atoms with Crippen molar-refractivity contribution in [1.29, 1.82) is 0 Å². The van der Waals surface area contributed by atoms with Crippen LogP contribution in [0.25, 0.3) is 0 Å². The number of hydrogen-bond donors (Lipinski definition) is 1. The highest BCUT2D eigenvalue weighted by Gasteiger charge is 2.11. The van der Waals surface area contributed by atoms with Crippen LogP contribution in [0.5, 0.6) is 5.75 Å². The molecular formula is C13H21FN2O. The van der Waals surface area contributed by atoms with Crippen molar-refractivity contribution >= 4 is 11.4 Å². The summed E-state index contributed by atoms with van der Waals surface area (Å²) in [5, 5.41) is 0. The lowest BCUT2D eigenvalue weighted by atomic mass is 10.2. The van der Waals surface area contributed by atoms with Gasteiger partial charge in [-0.25, -0.2) is 4.39 Å². The van der Waals surface area contributed by atoms with Gasteiger partial charge in [-0.15, -0.1) is 0 Å². The van der Waals surface area contributed by atoms with E-state index in [1.165, 1.54) is 6.07 Å². The van der Waals surface area contributed by atoms with Gasteiger partial charge in [0.15, 0.2) is 11.6 Å². The van der Waals surface area contributed by atoms with Gasteiger partial charge in [0.25, 0.3) is 0 Å². The zero-order valence-corrected chi connectivity index (χ0v) is 10.8. The lowest BCUT2D eigenvalue weighted by Gasteiger charge is -2.21. The molecule has 0 aromatic heterocycles. The van der Waals surface area contributed by atoms with Crippen molar-refractivity contribution < 1.29 is 9.13 Å². The summed E-state index contributed by atoms with van der Waals surface area (Å²) in [6, 6.07) is 3.00. The molecule has 0 saturated heterocycles. The summed E-state index contributed by atoms with van der Waals surface area (Å²) in [6.07, 6.45) is 1.86. The number of nitrogens with two attached hydrogens (primary N) is 1. The van der Waals surface area contributed by atoms with Crippen LogP contribution in [0.3, 0.4) is 0 Å². The zero-order chi connectivity index (χ0) is 12.8. The van der Waals surface area contributed by atoms with Crippen LogP contribution in [-0.2, 0) is 0 Å². The van der Waals surface area contributed by atoms with Gasteiger partial charge < -0.3 is 15.4 Å². The molecule has 1 rings (SSSR count). The minimum atomic E-state index is -0.399. The summed E-state index contributed by atoms with van der Waals surface area (Å²) in [4.78, 5) is 2.01. The molecule has 0 radical (unpaired) electrons. The Morgan fingerprint density at radius 1 is 1.29 bits per heavy atom. The summed E-state index contributed by atoms with van der Waals surface area (Å²) in [5.41, 5.74) is 7.08. The molecular weight excluding hydrogens is 219 g/mol. The maximum atomic E-state index is 13.6. The summed E-state index contributed by atoms with van der Waals surface area (Å²) in [5.74, 6) is -0.122. The highest BCUT2D eigenvalue weighted by molar-refractivity contribution is 5.69. The van der Waals surface area contributed by atoms with Crippen molar-refractivity contribution in [1.82, 2.24) is 0 Å². The second-order valence-corrected chi connectivity index (χ2v) is 4.11. The largest absolute Gasteiger partial charge is 0.490 e. The molecule has 0 atom stereocenters. The van der Waals surface area contributed by atoms with E-state index in [1.807, 2.05) is 18.9 Å². The maximum absolute atomic E-state index is 13.6. The molecule has 0 unspecified atom stereocenters. The predicted octanol–water partition coefficient (Wildman–Crippen LogP) is 3.04. The van der Waals surface area contributed by atoms with Gasteiger partial charge >= 0.3 is 0 Å². The van der Waals surface area contributed by atoms with Crippen molar-refractivity contribution in [3.63, 3.8) is 0 Å².